The summed E-state index contributed by atoms with van der Waals surface area (Å²) in [7, 11) is 1.58. The van der Waals surface area contributed by atoms with E-state index in [1.807, 2.05) is 0 Å². The van der Waals surface area contributed by atoms with Gasteiger partial charge in [0.15, 0.2) is 0 Å². The Labute approximate surface area is 66.5 Å². The summed E-state index contributed by atoms with van der Waals surface area (Å²) in [5, 5.41) is 0. The third-order valence-electron chi connectivity index (χ3n) is 1.17. The van der Waals surface area contributed by atoms with Gasteiger partial charge in [0.05, 0.1) is 0 Å². The zero-order valence-electron chi connectivity index (χ0n) is 6.33. The summed E-state index contributed by atoms with van der Waals surface area (Å²) in [6.07, 6.45) is 0. The standard InChI is InChI=1S/C5H12ClNO2S/c1-4-7(5(2)3)10(6,8)9/h5H,4H2,1-3H3. The van der Waals surface area contributed by atoms with Gasteiger partial charge < -0.3 is 0 Å². The molecular formula is C5H12ClNO2S. The van der Waals surface area contributed by atoms with E-state index < -0.39 is 9.24 Å². The van der Waals surface area contributed by atoms with Crippen LogP contribution in [0, 0.1) is 0 Å². The van der Waals surface area contributed by atoms with Gasteiger partial charge in [0, 0.05) is 23.3 Å². The minimum atomic E-state index is -3.51. The lowest BCUT2D eigenvalue weighted by molar-refractivity contribution is 0.378. The van der Waals surface area contributed by atoms with Crippen molar-refractivity contribution in [1.82, 2.24) is 4.31 Å². The Hall–Kier alpha value is 0.200. The molecule has 0 spiro atoms. The molecule has 0 heterocycles. The van der Waals surface area contributed by atoms with Gasteiger partial charge in [0.2, 0.25) is 0 Å². The van der Waals surface area contributed by atoms with Gasteiger partial charge in [-0.25, -0.2) is 0 Å². The van der Waals surface area contributed by atoms with E-state index in [1.165, 1.54) is 4.31 Å². The Bertz CT molecular complexity index is 188. The first-order valence-electron chi connectivity index (χ1n) is 3.11. The lowest BCUT2D eigenvalue weighted by Gasteiger charge is -2.19. The molecule has 0 aliphatic carbocycles. The SMILES string of the molecule is CCN(C(C)C)S(=O)(=O)Cl. The first-order valence-corrected chi connectivity index (χ1v) is 5.37. The molecule has 0 aromatic rings. The molecule has 0 aromatic carbocycles. The van der Waals surface area contributed by atoms with E-state index >= 15 is 0 Å². The van der Waals surface area contributed by atoms with E-state index in [0.29, 0.717) is 6.54 Å². The Morgan fingerprint density at radius 1 is 1.50 bits per heavy atom. The molecule has 0 radical (unpaired) electrons. The van der Waals surface area contributed by atoms with Crippen molar-refractivity contribution in [3.63, 3.8) is 0 Å². The molecule has 0 saturated heterocycles. The van der Waals surface area contributed by atoms with Gasteiger partial charge in [0.1, 0.15) is 0 Å². The third-order valence-corrected chi connectivity index (χ3v) is 2.94. The van der Waals surface area contributed by atoms with E-state index in [0.717, 1.165) is 0 Å². The Morgan fingerprint density at radius 2 is 1.90 bits per heavy atom. The molecule has 0 rings (SSSR count). The van der Waals surface area contributed by atoms with E-state index in [4.69, 9.17) is 10.7 Å². The summed E-state index contributed by atoms with van der Waals surface area (Å²) >= 11 is 0. The van der Waals surface area contributed by atoms with E-state index in [9.17, 15) is 8.42 Å². The predicted octanol–water partition coefficient (Wildman–Crippen LogP) is 1.20. The van der Waals surface area contributed by atoms with Gasteiger partial charge in [-0.3, -0.25) is 0 Å². The third kappa shape index (κ3) is 2.86. The second-order valence-electron chi connectivity index (χ2n) is 2.24. The minimum Gasteiger partial charge on any atom is -0.195 e. The second kappa shape index (κ2) is 3.55. The van der Waals surface area contributed by atoms with Crippen molar-refractivity contribution in [3.8, 4) is 0 Å². The molecule has 0 aromatic heterocycles. The van der Waals surface area contributed by atoms with Crippen LogP contribution in [-0.2, 0) is 9.24 Å². The average molecular weight is 186 g/mol. The van der Waals surface area contributed by atoms with Crippen LogP contribution < -0.4 is 0 Å². The van der Waals surface area contributed by atoms with E-state index in [-0.39, 0.29) is 6.04 Å². The number of halogens is 1. The Kier molecular flexibility index (Phi) is 3.62. The van der Waals surface area contributed by atoms with Crippen molar-refractivity contribution < 1.29 is 8.42 Å². The molecule has 10 heavy (non-hydrogen) atoms. The highest BCUT2D eigenvalue weighted by Gasteiger charge is 2.19. The summed E-state index contributed by atoms with van der Waals surface area (Å²) in [5.74, 6) is 0. The van der Waals surface area contributed by atoms with Crippen LogP contribution in [0.4, 0.5) is 0 Å². The van der Waals surface area contributed by atoms with Crippen molar-refractivity contribution in [3.05, 3.63) is 0 Å². The molecule has 0 unspecified atom stereocenters. The maximum Gasteiger partial charge on any atom is 0.300 e. The van der Waals surface area contributed by atoms with Gasteiger partial charge in [-0.15, -0.1) is 0 Å². The van der Waals surface area contributed by atoms with Crippen LogP contribution in [-0.4, -0.2) is 25.3 Å². The fraction of sp³-hybridized carbons (Fsp3) is 1.00. The molecule has 0 atom stereocenters. The van der Waals surface area contributed by atoms with Crippen LogP contribution in [0.5, 0.6) is 0 Å². The summed E-state index contributed by atoms with van der Waals surface area (Å²) in [5.41, 5.74) is 0. The van der Waals surface area contributed by atoms with Gasteiger partial charge in [-0.1, -0.05) is 6.92 Å². The van der Waals surface area contributed by atoms with E-state index in [2.05, 4.69) is 0 Å². The normalized spacial score (nSPS) is 13.0. The molecule has 5 heteroatoms. The van der Waals surface area contributed by atoms with Crippen molar-refractivity contribution in [2.45, 2.75) is 26.8 Å². The molecule has 0 aliphatic heterocycles. The molecule has 0 bridgehead atoms. The lowest BCUT2D eigenvalue weighted by Crippen LogP contribution is -2.33. The highest BCUT2D eigenvalue weighted by Crippen LogP contribution is 2.09. The lowest BCUT2D eigenvalue weighted by atomic mass is 10.4. The number of rotatable bonds is 3. The predicted molar refractivity (Wildman–Crippen MR) is 42.3 cm³/mol. The summed E-state index contributed by atoms with van der Waals surface area (Å²) < 4.78 is 22.6. The largest absolute Gasteiger partial charge is 0.300 e. The first-order chi connectivity index (χ1) is 4.39. The quantitative estimate of drug-likeness (QED) is 0.620. The molecule has 0 N–H and O–H groups in total. The van der Waals surface area contributed by atoms with Crippen molar-refractivity contribution >= 4 is 19.9 Å². The summed E-state index contributed by atoms with van der Waals surface area (Å²) in [6.45, 7) is 5.73. The summed E-state index contributed by atoms with van der Waals surface area (Å²) in [4.78, 5) is 0. The van der Waals surface area contributed by atoms with Crippen LogP contribution in [0.2, 0.25) is 0 Å². The zero-order valence-corrected chi connectivity index (χ0v) is 7.91. The molecule has 0 amide bonds. The number of hydrogen-bond donors (Lipinski definition) is 0. The number of hydrogen-bond acceptors (Lipinski definition) is 2. The van der Waals surface area contributed by atoms with Crippen LogP contribution in [0.25, 0.3) is 0 Å². The molecule has 0 fully saturated rings. The molecular weight excluding hydrogens is 174 g/mol. The zero-order chi connectivity index (χ0) is 8.36. The van der Waals surface area contributed by atoms with Crippen LogP contribution in [0.15, 0.2) is 0 Å². The fourth-order valence-corrected chi connectivity index (χ4v) is 2.35. The van der Waals surface area contributed by atoms with Crippen LogP contribution in [0.3, 0.4) is 0 Å². The summed E-state index contributed by atoms with van der Waals surface area (Å²) in [6, 6.07) is -0.0625. The first kappa shape index (κ1) is 10.2. The molecule has 0 saturated carbocycles. The molecule has 62 valence electrons. The van der Waals surface area contributed by atoms with Crippen molar-refractivity contribution in [2.24, 2.45) is 0 Å². The maximum atomic E-state index is 10.7. The van der Waals surface area contributed by atoms with Gasteiger partial charge in [0.25, 0.3) is 9.24 Å². The van der Waals surface area contributed by atoms with Crippen molar-refractivity contribution in [2.75, 3.05) is 6.54 Å². The average Bonchev–Trinajstić information content (AvgIpc) is 1.60. The number of nitrogens with zero attached hydrogens (tertiary/aromatic N) is 1. The Balaban J connectivity index is 4.38. The van der Waals surface area contributed by atoms with Crippen LogP contribution in [0.1, 0.15) is 20.8 Å². The minimum absolute atomic E-state index is 0.0625. The van der Waals surface area contributed by atoms with Crippen molar-refractivity contribution in [1.29, 1.82) is 0 Å². The van der Waals surface area contributed by atoms with Crippen LogP contribution >= 0.6 is 10.7 Å². The van der Waals surface area contributed by atoms with E-state index in [1.54, 1.807) is 20.8 Å². The Morgan fingerprint density at radius 3 is 1.90 bits per heavy atom. The fourth-order valence-electron chi connectivity index (χ4n) is 0.771. The van der Waals surface area contributed by atoms with Gasteiger partial charge >= 0.3 is 0 Å². The smallest absolute Gasteiger partial charge is 0.195 e. The van der Waals surface area contributed by atoms with Gasteiger partial charge in [-0.2, -0.15) is 12.7 Å². The second-order valence-corrected chi connectivity index (χ2v) is 4.70. The maximum absolute atomic E-state index is 10.7. The molecule has 0 aliphatic rings. The topological polar surface area (TPSA) is 37.4 Å². The monoisotopic (exact) mass is 185 g/mol. The molecule has 3 nitrogen and oxygen atoms in total. The van der Waals surface area contributed by atoms with Gasteiger partial charge in [-0.05, 0) is 13.8 Å². The highest BCUT2D eigenvalue weighted by atomic mass is 35.7. The highest BCUT2D eigenvalue weighted by molar-refractivity contribution is 8.11.